The van der Waals surface area contributed by atoms with E-state index in [1.807, 2.05) is 23.2 Å². The zero-order valence-electron chi connectivity index (χ0n) is 16.7. The van der Waals surface area contributed by atoms with Crippen molar-refractivity contribution < 1.29 is 9.53 Å². The molecule has 156 valence electrons. The predicted octanol–water partition coefficient (Wildman–Crippen LogP) is 1.56. The number of nitrogens with one attached hydrogen (secondary N) is 3. The Kier molecular flexibility index (Phi) is 4.93. The van der Waals surface area contributed by atoms with Crippen LogP contribution in [0.5, 0.6) is 0 Å². The van der Waals surface area contributed by atoms with Gasteiger partial charge in [0.2, 0.25) is 5.91 Å². The maximum absolute atomic E-state index is 12.8. The number of aromatic nitrogens is 3. The van der Waals surface area contributed by atoms with Gasteiger partial charge in [-0.2, -0.15) is 0 Å². The van der Waals surface area contributed by atoms with E-state index in [2.05, 4.69) is 26.2 Å². The van der Waals surface area contributed by atoms with Gasteiger partial charge in [0.05, 0.1) is 24.5 Å². The average molecular weight is 408 g/mol. The first-order valence-electron chi connectivity index (χ1n) is 10.1. The van der Waals surface area contributed by atoms with Gasteiger partial charge in [-0.05, 0) is 37.8 Å². The Morgan fingerprint density at radius 3 is 2.70 bits per heavy atom. The van der Waals surface area contributed by atoms with Crippen molar-refractivity contribution in [3.8, 4) is 11.3 Å². The molecule has 2 aromatic rings. The van der Waals surface area contributed by atoms with Crippen molar-refractivity contribution in [1.82, 2.24) is 25.9 Å². The molecule has 1 saturated carbocycles. The summed E-state index contributed by atoms with van der Waals surface area (Å²) in [6, 6.07) is 3.96. The molecule has 2 aliphatic heterocycles. The third-order valence-corrected chi connectivity index (χ3v) is 5.78. The Morgan fingerprint density at radius 1 is 1.13 bits per heavy atom. The highest BCUT2D eigenvalue weighted by molar-refractivity contribution is 6.01. The number of hydrogen-bond acceptors (Lipinski definition) is 9. The minimum Gasteiger partial charge on any atom is -0.381 e. The fourth-order valence-corrected chi connectivity index (χ4v) is 4.16. The summed E-state index contributed by atoms with van der Waals surface area (Å²) in [5, 5.41) is 4.86. The summed E-state index contributed by atoms with van der Waals surface area (Å²) in [6.07, 6.45) is 11.1. The summed E-state index contributed by atoms with van der Waals surface area (Å²) in [6.45, 7) is 0.242. The van der Waals surface area contributed by atoms with Crippen molar-refractivity contribution in [2.24, 2.45) is 0 Å². The van der Waals surface area contributed by atoms with Crippen molar-refractivity contribution >= 4 is 23.4 Å². The van der Waals surface area contributed by atoms with Crippen LogP contribution in [0.4, 0.5) is 17.5 Å². The summed E-state index contributed by atoms with van der Waals surface area (Å²) in [5.74, 6) is 2.03. The van der Waals surface area contributed by atoms with Crippen molar-refractivity contribution in [3.63, 3.8) is 0 Å². The van der Waals surface area contributed by atoms with E-state index in [1.54, 1.807) is 30.7 Å². The fourth-order valence-electron chi connectivity index (χ4n) is 4.16. The molecule has 1 amide bonds. The number of ether oxygens (including phenoxy) is 1. The predicted molar refractivity (Wildman–Crippen MR) is 112 cm³/mol. The maximum atomic E-state index is 12.8. The van der Waals surface area contributed by atoms with Gasteiger partial charge in [-0.25, -0.2) is 20.0 Å². The monoisotopic (exact) mass is 408 g/mol. The molecular weight excluding hydrogens is 384 g/mol. The van der Waals surface area contributed by atoms with Gasteiger partial charge in [0.15, 0.2) is 11.6 Å². The van der Waals surface area contributed by atoms with Gasteiger partial charge in [-0.15, -0.1) is 5.53 Å². The van der Waals surface area contributed by atoms with E-state index in [-0.39, 0.29) is 24.6 Å². The number of hydrazine groups is 2. The van der Waals surface area contributed by atoms with Gasteiger partial charge in [0.1, 0.15) is 5.82 Å². The topological polar surface area (TPSA) is 108 Å². The van der Waals surface area contributed by atoms with E-state index in [9.17, 15) is 4.79 Å². The summed E-state index contributed by atoms with van der Waals surface area (Å²) in [7, 11) is 1.75. The summed E-state index contributed by atoms with van der Waals surface area (Å²) in [4.78, 5) is 28.4. The molecule has 1 fully saturated rings. The van der Waals surface area contributed by atoms with E-state index in [4.69, 9.17) is 9.72 Å². The number of rotatable bonds is 4. The SMILES string of the molecule is COC1CCC(N2C(=O)CNc3ncc(-c4ccc(N5C=CNN5)nc4)nc32)CC1. The van der Waals surface area contributed by atoms with Crippen LogP contribution in [0.1, 0.15) is 25.7 Å². The zero-order valence-corrected chi connectivity index (χ0v) is 16.7. The Morgan fingerprint density at radius 2 is 2.00 bits per heavy atom. The molecule has 0 saturated heterocycles. The van der Waals surface area contributed by atoms with Crippen LogP contribution in [0, 0.1) is 0 Å². The first kappa shape index (κ1) is 18.8. The smallest absolute Gasteiger partial charge is 0.247 e. The molecule has 0 spiro atoms. The Balaban J connectivity index is 1.42. The second kappa shape index (κ2) is 7.88. The van der Waals surface area contributed by atoms with E-state index >= 15 is 0 Å². The van der Waals surface area contributed by atoms with Gasteiger partial charge < -0.3 is 15.5 Å². The van der Waals surface area contributed by atoms with Crippen LogP contribution < -0.4 is 26.2 Å². The number of pyridine rings is 1. The molecule has 0 radical (unpaired) electrons. The highest BCUT2D eigenvalue weighted by atomic mass is 16.5. The van der Waals surface area contributed by atoms with Crippen LogP contribution in [0.15, 0.2) is 36.9 Å². The quantitative estimate of drug-likeness (QED) is 0.694. The van der Waals surface area contributed by atoms with Gasteiger partial charge in [-0.1, -0.05) is 0 Å². The van der Waals surface area contributed by atoms with Crippen LogP contribution in [0.2, 0.25) is 0 Å². The first-order chi connectivity index (χ1) is 14.7. The second-order valence-corrected chi connectivity index (χ2v) is 7.56. The Bertz CT molecular complexity index is 956. The fraction of sp³-hybridized carbons (Fsp3) is 0.400. The van der Waals surface area contributed by atoms with E-state index < -0.39 is 0 Å². The van der Waals surface area contributed by atoms with Crippen LogP contribution in [0.3, 0.4) is 0 Å². The van der Waals surface area contributed by atoms with Gasteiger partial charge in [0, 0.05) is 37.3 Å². The number of carbonyl (C=O) groups excluding carboxylic acids is 1. The van der Waals surface area contributed by atoms with Crippen molar-refractivity contribution in [3.05, 3.63) is 36.9 Å². The lowest BCUT2D eigenvalue weighted by molar-refractivity contribution is -0.118. The number of carbonyl (C=O) groups is 1. The molecule has 5 rings (SSSR count). The van der Waals surface area contributed by atoms with Gasteiger partial charge in [0.25, 0.3) is 0 Å². The van der Waals surface area contributed by atoms with Crippen LogP contribution >= 0.6 is 0 Å². The normalized spacial score (nSPS) is 23.2. The highest BCUT2D eigenvalue weighted by Gasteiger charge is 2.35. The number of anilines is 3. The molecule has 10 heteroatoms. The molecule has 1 aliphatic carbocycles. The molecule has 3 aliphatic rings. The van der Waals surface area contributed by atoms with Crippen LogP contribution in [0.25, 0.3) is 11.3 Å². The zero-order chi connectivity index (χ0) is 20.5. The lowest BCUT2D eigenvalue weighted by atomic mass is 9.91. The number of amides is 1. The minimum atomic E-state index is 0.0303. The Hall–Kier alpha value is -3.24. The molecule has 10 nitrogen and oxygen atoms in total. The Labute approximate surface area is 174 Å². The summed E-state index contributed by atoms with van der Waals surface area (Å²) < 4.78 is 5.48. The van der Waals surface area contributed by atoms with Crippen molar-refractivity contribution in [1.29, 1.82) is 0 Å². The summed E-state index contributed by atoms with van der Waals surface area (Å²) >= 11 is 0. The molecule has 4 heterocycles. The van der Waals surface area contributed by atoms with Gasteiger partial charge in [-0.3, -0.25) is 9.69 Å². The third-order valence-electron chi connectivity index (χ3n) is 5.78. The molecule has 0 bridgehead atoms. The number of methoxy groups -OCH3 is 1. The first-order valence-corrected chi connectivity index (χ1v) is 10.1. The number of nitrogens with zero attached hydrogens (tertiary/aromatic N) is 5. The molecular formula is C20H24N8O2. The summed E-state index contributed by atoms with van der Waals surface area (Å²) in [5.41, 5.74) is 7.35. The molecule has 30 heavy (non-hydrogen) atoms. The van der Waals surface area contributed by atoms with Gasteiger partial charge >= 0.3 is 0 Å². The maximum Gasteiger partial charge on any atom is 0.247 e. The lowest BCUT2D eigenvalue weighted by Crippen LogP contribution is -2.49. The van der Waals surface area contributed by atoms with E-state index in [0.29, 0.717) is 17.3 Å². The van der Waals surface area contributed by atoms with E-state index in [0.717, 1.165) is 37.1 Å². The highest BCUT2D eigenvalue weighted by Crippen LogP contribution is 2.34. The molecule has 0 aromatic carbocycles. The minimum absolute atomic E-state index is 0.0303. The molecule has 2 aromatic heterocycles. The largest absolute Gasteiger partial charge is 0.381 e. The van der Waals surface area contributed by atoms with Crippen molar-refractivity contribution in [2.45, 2.75) is 37.8 Å². The van der Waals surface area contributed by atoms with Crippen LogP contribution in [-0.2, 0) is 9.53 Å². The number of fused-ring (bicyclic) bond motifs is 1. The third kappa shape index (κ3) is 3.44. The van der Waals surface area contributed by atoms with Crippen LogP contribution in [-0.4, -0.2) is 46.7 Å². The molecule has 0 unspecified atom stereocenters. The molecule has 0 atom stereocenters. The number of hydrogen-bond donors (Lipinski definition) is 3. The lowest BCUT2D eigenvalue weighted by Gasteiger charge is -2.38. The van der Waals surface area contributed by atoms with E-state index in [1.165, 1.54) is 0 Å². The molecule has 3 N–H and O–H groups in total. The standard InChI is InChI=1S/C20H24N8O2/c1-30-15-5-3-14(4-6-15)28-18(29)12-23-19-20(28)25-16(11-22-19)13-2-7-17(21-10-13)27-9-8-24-26-27/h2,7-11,14-15,24,26H,3-6,12H2,1H3,(H,22,23). The second-order valence-electron chi connectivity index (χ2n) is 7.56. The average Bonchev–Trinajstić information content (AvgIpc) is 3.34. The van der Waals surface area contributed by atoms with Crippen molar-refractivity contribution in [2.75, 3.05) is 28.9 Å².